The number of thiophene rings is 1. The number of aliphatic imine (C=N–C) groups is 1. The summed E-state index contributed by atoms with van der Waals surface area (Å²) in [6.45, 7) is 0. The molecule has 124 valence electrons. The zero-order valence-corrected chi connectivity index (χ0v) is 14.2. The van der Waals surface area contributed by atoms with Crippen LogP contribution in [0, 0.1) is 0 Å². The van der Waals surface area contributed by atoms with Crippen molar-refractivity contribution in [1.29, 1.82) is 0 Å². The van der Waals surface area contributed by atoms with Crippen molar-refractivity contribution >= 4 is 34.3 Å². The first-order chi connectivity index (χ1) is 12.3. The summed E-state index contributed by atoms with van der Waals surface area (Å²) >= 11 is 1.64. The molecule has 0 fully saturated rings. The van der Waals surface area contributed by atoms with E-state index in [1.807, 2.05) is 41.8 Å². The lowest BCUT2D eigenvalue weighted by Gasteiger charge is -2.02. The Hall–Kier alpha value is -3.12. The van der Waals surface area contributed by atoms with Gasteiger partial charge in [-0.1, -0.05) is 12.1 Å². The molecule has 0 spiro atoms. The van der Waals surface area contributed by atoms with E-state index in [0.29, 0.717) is 22.6 Å². The van der Waals surface area contributed by atoms with Crippen LogP contribution in [0.15, 0.2) is 58.3 Å². The summed E-state index contributed by atoms with van der Waals surface area (Å²) in [6, 6.07) is 11.5. The van der Waals surface area contributed by atoms with E-state index in [9.17, 15) is 5.11 Å². The van der Waals surface area contributed by atoms with Crippen LogP contribution in [0.25, 0.3) is 22.2 Å². The number of para-hydroxylation sites is 2. The van der Waals surface area contributed by atoms with E-state index in [2.05, 4.69) is 20.3 Å². The number of ether oxygens (including phenoxy) is 1. The quantitative estimate of drug-likeness (QED) is 0.522. The molecule has 0 aliphatic heterocycles. The number of aromatic nitrogens is 2. The maximum atomic E-state index is 10.2. The Balaban J connectivity index is 1.79. The van der Waals surface area contributed by atoms with Gasteiger partial charge in [-0.3, -0.25) is 4.99 Å². The van der Waals surface area contributed by atoms with Gasteiger partial charge >= 0.3 is 0 Å². The minimum absolute atomic E-state index is 0.0450. The Morgan fingerprint density at radius 3 is 2.92 bits per heavy atom. The van der Waals surface area contributed by atoms with E-state index >= 15 is 0 Å². The van der Waals surface area contributed by atoms with Gasteiger partial charge in [-0.25, -0.2) is 4.98 Å². The highest BCUT2D eigenvalue weighted by atomic mass is 32.1. The fourth-order valence-electron chi connectivity index (χ4n) is 2.66. The van der Waals surface area contributed by atoms with Crippen molar-refractivity contribution in [3.63, 3.8) is 0 Å². The predicted octanol–water partition coefficient (Wildman–Crippen LogP) is 4.76. The second kappa shape index (κ2) is 6.41. The molecule has 5 nitrogen and oxygen atoms in total. The number of methoxy groups -OCH3 is 1. The van der Waals surface area contributed by atoms with Crippen LogP contribution in [0.5, 0.6) is 11.6 Å². The van der Waals surface area contributed by atoms with Crippen LogP contribution in [0.2, 0.25) is 0 Å². The predicted molar refractivity (Wildman–Crippen MR) is 101 cm³/mol. The average Bonchev–Trinajstić information content (AvgIpc) is 3.27. The molecule has 0 atom stereocenters. The lowest BCUT2D eigenvalue weighted by molar-refractivity contribution is 0.416. The van der Waals surface area contributed by atoms with Crippen molar-refractivity contribution < 1.29 is 9.84 Å². The molecule has 3 heterocycles. The highest BCUT2D eigenvalue weighted by Gasteiger charge is 2.12. The number of aromatic amines is 1. The van der Waals surface area contributed by atoms with Crippen LogP contribution in [0.1, 0.15) is 5.56 Å². The number of nitrogens with one attached hydrogen (secondary N) is 1. The molecule has 4 rings (SSSR count). The van der Waals surface area contributed by atoms with Crippen molar-refractivity contribution in [3.05, 3.63) is 58.9 Å². The van der Waals surface area contributed by atoms with Crippen molar-refractivity contribution in [1.82, 2.24) is 9.97 Å². The molecule has 0 bridgehead atoms. The number of H-pyrrole nitrogens is 1. The van der Waals surface area contributed by atoms with Gasteiger partial charge in [0.1, 0.15) is 17.1 Å². The largest absolute Gasteiger partial charge is 0.494 e. The second-order valence-corrected chi connectivity index (χ2v) is 6.23. The SMILES string of the molecule is COc1ccccc1N=Cc1c(O)[nH]c2ncc(-c3ccsc3)cc12. The molecule has 2 N–H and O–H groups in total. The van der Waals surface area contributed by atoms with Gasteiger partial charge < -0.3 is 14.8 Å². The topological polar surface area (TPSA) is 70.5 Å². The maximum absolute atomic E-state index is 10.2. The normalized spacial score (nSPS) is 11.4. The Kier molecular flexibility index (Phi) is 3.95. The lowest BCUT2D eigenvalue weighted by atomic mass is 10.1. The number of fused-ring (bicyclic) bond motifs is 1. The summed E-state index contributed by atoms with van der Waals surface area (Å²) in [5.41, 5.74) is 4.02. The third-order valence-electron chi connectivity index (χ3n) is 3.94. The van der Waals surface area contributed by atoms with Crippen molar-refractivity contribution in [3.8, 4) is 22.8 Å². The number of hydrogen-bond acceptors (Lipinski definition) is 5. The van der Waals surface area contributed by atoms with Gasteiger partial charge in [0, 0.05) is 23.4 Å². The minimum atomic E-state index is 0.0450. The minimum Gasteiger partial charge on any atom is -0.494 e. The average molecular weight is 349 g/mol. The van der Waals surface area contributed by atoms with E-state index < -0.39 is 0 Å². The van der Waals surface area contributed by atoms with Crippen LogP contribution in [0.4, 0.5) is 5.69 Å². The molecule has 3 aromatic heterocycles. The number of aromatic hydroxyl groups is 1. The first-order valence-corrected chi connectivity index (χ1v) is 8.61. The zero-order chi connectivity index (χ0) is 17.2. The monoisotopic (exact) mass is 349 g/mol. The Labute approximate surface area is 148 Å². The summed E-state index contributed by atoms with van der Waals surface area (Å²) in [6.07, 6.45) is 3.42. The van der Waals surface area contributed by atoms with Crippen LogP contribution in [-0.4, -0.2) is 28.4 Å². The second-order valence-electron chi connectivity index (χ2n) is 5.45. The standard InChI is InChI=1S/C19H15N3O2S/c1-24-17-5-3-2-4-16(17)20-10-15-14-8-13(12-6-7-25-11-12)9-21-18(14)22-19(15)23/h2-11,23H,1H3,(H,21,22). The van der Waals surface area contributed by atoms with Crippen LogP contribution >= 0.6 is 11.3 Å². The van der Waals surface area contributed by atoms with Crippen molar-refractivity contribution in [2.75, 3.05) is 7.11 Å². The van der Waals surface area contributed by atoms with E-state index in [1.165, 1.54) is 0 Å². The third kappa shape index (κ3) is 2.88. The number of hydrogen-bond donors (Lipinski definition) is 2. The maximum Gasteiger partial charge on any atom is 0.199 e. The molecule has 0 aliphatic rings. The fourth-order valence-corrected chi connectivity index (χ4v) is 3.33. The van der Waals surface area contributed by atoms with Gasteiger partial charge in [-0.2, -0.15) is 11.3 Å². The van der Waals surface area contributed by atoms with Gasteiger partial charge in [0.25, 0.3) is 0 Å². The Bertz CT molecular complexity index is 1050. The molecule has 0 saturated heterocycles. The molecular formula is C19H15N3O2S. The van der Waals surface area contributed by atoms with Crippen LogP contribution in [0.3, 0.4) is 0 Å². The molecule has 0 aliphatic carbocycles. The number of pyridine rings is 1. The molecule has 0 amide bonds. The molecule has 25 heavy (non-hydrogen) atoms. The summed E-state index contributed by atoms with van der Waals surface area (Å²) < 4.78 is 5.31. The van der Waals surface area contributed by atoms with E-state index in [4.69, 9.17) is 4.74 Å². The van der Waals surface area contributed by atoms with Crippen LogP contribution in [-0.2, 0) is 0 Å². The summed E-state index contributed by atoms with van der Waals surface area (Å²) in [5.74, 6) is 0.721. The fraction of sp³-hybridized carbons (Fsp3) is 0.0526. The molecule has 1 aromatic carbocycles. The van der Waals surface area contributed by atoms with Crippen molar-refractivity contribution in [2.24, 2.45) is 4.99 Å². The molecule has 4 aromatic rings. The summed E-state index contributed by atoms with van der Waals surface area (Å²) in [7, 11) is 1.61. The molecular weight excluding hydrogens is 334 g/mol. The van der Waals surface area contributed by atoms with Gasteiger partial charge in [0.15, 0.2) is 5.88 Å². The molecule has 0 radical (unpaired) electrons. The van der Waals surface area contributed by atoms with Gasteiger partial charge in [-0.05, 0) is 40.6 Å². The number of nitrogens with zero attached hydrogens (tertiary/aromatic N) is 2. The summed E-state index contributed by atoms with van der Waals surface area (Å²) in [5, 5.41) is 15.2. The highest BCUT2D eigenvalue weighted by Crippen LogP contribution is 2.31. The van der Waals surface area contributed by atoms with Crippen LogP contribution < -0.4 is 4.74 Å². The highest BCUT2D eigenvalue weighted by molar-refractivity contribution is 7.08. The van der Waals surface area contributed by atoms with E-state index in [-0.39, 0.29) is 5.88 Å². The van der Waals surface area contributed by atoms with Gasteiger partial charge in [-0.15, -0.1) is 0 Å². The summed E-state index contributed by atoms with van der Waals surface area (Å²) in [4.78, 5) is 11.8. The first kappa shape index (κ1) is 15.4. The molecule has 6 heteroatoms. The third-order valence-corrected chi connectivity index (χ3v) is 4.63. The number of rotatable bonds is 4. The molecule has 0 saturated carbocycles. The van der Waals surface area contributed by atoms with E-state index in [1.54, 1.807) is 30.9 Å². The first-order valence-electron chi connectivity index (χ1n) is 7.66. The van der Waals surface area contributed by atoms with Gasteiger partial charge in [0.2, 0.25) is 0 Å². The van der Waals surface area contributed by atoms with Gasteiger partial charge in [0.05, 0.1) is 12.7 Å². The Morgan fingerprint density at radius 1 is 1.24 bits per heavy atom. The Morgan fingerprint density at radius 2 is 2.12 bits per heavy atom. The zero-order valence-electron chi connectivity index (χ0n) is 13.4. The lowest BCUT2D eigenvalue weighted by Crippen LogP contribution is -1.85. The molecule has 0 unspecified atom stereocenters. The smallest absolute Gasteiger partial charge is 0.199 e. The van der Waals surface area contributed by atoms with Crippen molar-refractivity contribution in [2.45, 2.75) is 0 Å². The number of benzene rings is 1. The van der Waals surface area contributed by atoms with E-state index in [0.717, 1.165) is 16.5 Å².